The van der Waals surface area contributed by atoms with E-state index in [1.807, 2.05) is 42.5 Å². The molecule has 2 aromatic carbocycles. The third kappa shape index (κ3) is 4.65. The average molecular weight is 510 g/mol. The first-order chi connectivity index (χ1) is 18.6. The van der Waals surface area contributed by atoms with Crippen molar-refractivity contribution in [2.45, 2.75) is 76.7 Å². The molecule has 5 aliphatic rings. The Labute approximate surface area is 225 Å². The molecule has 8 rings (SSSR count). The van der Waals surface area contributed by atoms with E-state index in [0.717, 1.165) is 70.9 Å². The lowest BCUT2D eigenvalue weighted by molar-refractivity contribution is -0.120. The van der Waals surface area contributed by atoms with Gasteiger partial charge in [0.25, 0.3) is 5.91 Å². The van der Waals surface area contributed by atoms with Crippen molar-refractivity contribution >= 4 is 28.4 Å². The van der Waals surface area contributed by atoms with Crippen molar-refractivity contribution < 1.29 is 9.59 Å². The molecular weight excluding hydrogens is 470 g/mol. The van der Waals surface area contributed by atoms with E-state index in [0.29, 0.717) is 17.9 Å². The summed E-state index contributed by atoms with van der Waals surface area (Å²) < 4.78 is 0. The quantitative estimate of drug-likeness (QED) is 0.316. The molecular formula is C33H39N3O2. The summed E-state index contributed by atoms with van der Waals surface area (Å²) in [6, 6.07) is 16.5. The van der Waals surface area contributed by atoms with E-state index in [4.69, 9.17) is 0 Å². The minimum atomic E-state index is 0.0642. The van der Waals surface area contributed by atoms with E-state index in [1.54, 1.807) is 0 Å². The molecule has 3 aromatic rings. The van der Waals surface area contributed by atoms with Crippen molar-refractivity contribution in [2.24, 2.45) is 29.6 Å². The first kappa shape index (κ1) is 24.0. The lowest BCUT2D eigenvalue weighted by Crippen LogP contribution is -2.55. The number of amides is 2. The number of fused-ring (bicyclic) bond motifs is 1. The van der Waals surface area contributed by atoms with Gasteiger partial charge in [-0.05, 0) is 105 Å². The van der Waals surface area contributed by atoms with Crippen LogP contribution in [0.5, 0.6) is 0 Å². The van der Waals surface area contributed by atoms with Crippen LogP contribution in [0.2, 0.25) is 0 Å². The summed E-state index contributed by atoms with van der Waals surface area (Å²) in [7, 11) is 0. The molecule has 3 N–H and O–H groups in total. The van der Waals surface area contributed by atoms with E-state index < -0.39 is 0 Å². The second kappa shape index (κ2) is 9.91. The molecule has 0 atom stereocenters. The number of anilines is 1. The van der Waals surface area contributed by atoms with Gasteiger partial charge in [-0.3, -0.25) is 9.59 Å². The molecule has 5 heteroatoms. The van der Waals surface area contributed by atoms with Crippen LogP contribution >= 0.6 is 0 Å². The molecule has 5 aliphatic carbocycles. The zero-order chi connectivity index (χ0) is 25.6. The second-order valence-electron chi connectivity index (χ2n) is 12.7. The Balaban J connectivity index is 1.02. The largest absolute Gasteiger partial charge is 0.355 e. The lowest BCUT2D eigenvalue weighted by atomic mass is 9.54. The van der Waals surface area contributed by atoms with E-state index in [1.165, 1.54) is 44.9 Å². The van der Waals surface area contributed by atoms with Crippen molar-refractivity contribution in [3.8, 4) is 11.3 Å². The van der Waals surface area contributed by atoms with Crippen molar-refractivity contribution in [1.29, 1.82) is 0 Å². The smallest absolute Gasteiger partial charge is 0.251 e. The van der Waals surface area contributed by atoms with Gasteiger partial charge in [0.1, 0.15) is 0 Å². The van der Waals surface area contributed by atoms with E-state index in [2.05, 4.69) is 21.7 Å². The monoisotopic (exact) mass is 509 g/mol. The summed E-state index contributed by atoms with van der Waals surface area (Å²) >= 11 is 0. The fraction of sp³-hybridized carbons (Fsp3) is 0.515. The SMILES string of the molecule is O=C(NC1C2CC3CC(C2)CC1C3)c1ccc2cc(-c3ccc(NC(=O)C4CCCCCC4)cc3)[nH]c2c1. The Bertz CT molecular complexity index is 1300. The molecule has 5 fully saturated rings. The maximum atomic E-state index is 13.3. The van der Waals surface area contributed by atoms with Crippen molar-refractivity contribution in [2.75, 3.05) is 5.32 Å². The highest BCUT2D eigenvalue weighted by atomic mass is 16.2. The van der Waals surface area contributed by atoms with E-state index >= 15 is 0 Å². The number of carbonyl (C=O) groups is 2. The molecule has 0 saturated heterocycles. The van der Waals surface area contributed by atoms with Gasteiger partial charge < -0.3 is 15.6 Å². The van der Waals surface area contributed by atoms with Gasteiger partial charge in [-0.15, -0.1) is 0 Å². The topological polar surface area (TPSA) is 74.0 Å². The van der Waals surface area contributed by atoms with Crippen LogP contribution in [0.4, 0.5) is 5.69 Å². The Hall–Kier alpha value is -3.08. The Morgan fingerprint density at radius 1 is 0.763 bits per heavy atom. The Morgan fingerprint density at radius 2 is 1.45 bits per heavy atom. The van der Waals surface area contributed by atoms with Crippen LogP contribution in [0.3, 0.4) is 0 Å². The Kier molecular flexibility index (Phi) is 6.25. The van der Waals surface area contributed by atoms with Crippen LogP contribution in [-0.4, -0.2) is 22.8 Å². The molecule has 4 bridgehead atoms. The summed E-state index contributed by atoms with van der Waals surface area (Å²) in [6.07, 6.45) is 13.5. The lowest BCUT2D eigenvalue weighted by Gasteiger charge is -2.54. The van der Waals surface area contributed by atoms with E-state index in [-0.39, 0.29) is 17.7 Å². The number of rotatable bonds is 5. The average Bonchev–Trinajstić information content (AvgIpc) is 3.15. The molecule has 198 valence electrons. The molecule has 0 aliphatic heterocycles. The predicted molar refractivity (Wildman–Crippen MR) is 152 cm³/mol. The number of carbonyl (C=O) groups excluding carboxylic acids is 2. The normalized spacial score (nSPS) is 28.8. The number of H-pyrrole nitrogens is 1. The van der Waals surface area contributed by atoms with E-state index in [9.17, 15) is 9.59 Å². The van der Waals surface area contributed by atoms with Crippen molar-refractivity contribution in [3.63, 3.8) is 0 Å². The molecule has 0 spiro atoms. The zero-order valence-corrected chi connectivity index (χ0v) is 22.2. The number of aromatic amines is 1. The van der Waals surface area contributed by atoms with Gasteiger partial charge in [-0.2, -0.15) is 0 Å². The summed E-state index contributed by atoms with van der Waals surface area (Å²) in [6.45, 7) is 0. The van der Waals surface area contributed by atoms with Gasteiger partial charge in [0.15, 0.2) is 0 Å². The van der Waals surface area contributed by atoms with Gasteiger partial charge in [0.05, 0.1) is 0 Å². The number of hydrogen-bond acceptors (Lipinski definition) is 2. The van der Waals surface area contributed by atoms with Gasteiger partial charge in [0.2, 0.25) is 5.91 Å². The van der Waals surface area contributed by atoms with Crippen molar-refractivity contribution in [1.82, 2.24) is 10.3 Å². The first-order valence-corrected chi connectivity index (χ1v) is 14.9. The Morgan fingerprint density at radius 3 is 2.13 bits per heavy atom. The van der Waals surface area contributed by atoms with Crippen LogP contribution in [0, 0.1) is 29.6 Å². The van der Waals surface area contributed by atoms with Crippen LogP contribution in [0.15, 0.2) is 48.5 Å². The molecule has 5 saturated carbocycles. The van der Waals surface area contributed by atoms with Crippen molar-refractivity contribution in [3.05, 3.63) is 54.1 Å². The second-order valence-corrected chi connectivity index (χ2v) is 12.7. The van der Waals surface area contributed by atoms with Crippen LogP contribution in [0.1, 0.15) is 81.0 Å². The first-order valence-electron chi connectivity index (χ1n) is 14.9. The van der Waals surface area contributed by atoms with Gasteiger partial charge in [-0.25, -0.2) is 0 Å². The number of hydrogen-bond donors (Lipinski definition) is 3. The fourth-order valence-corrected chi connectivity index (χ4v) is 8.34. The third-order valence-corrected chi connectivity index (χ3v) is 10.1. The summed E-state index contributed by atoms with van der Waals surface area (Å²) in [4.78, 5) is 29.5. The predicted octanol–water partition coefficient (Wildman–Crippen LogP) is 7.30. The number of nitrogens with one attached hydrogen (secondary N) is 3. The summed E-state index contributed by atoms with van der Waals surface area (Å²) in [5.41, 5.74) is 4.64. The molecule has 2 amide bonds. The minimum Gasteiger partial charge on any atom is -0.355 e. The number of benzene rings is 2. The highest BCUT2D eigenvalue weighted by Crippen LogP contribution is 2.53. The molecule has 5 nitrogen and oxygen atoms in total. The zero-order valence-electron chi connectivity index (χ0n) is 22.2. The minimum absolute atomic E-state index is 0.0642. The van der Waals surface area contributed by atoms with Gasteiger partial charge in [-0.1, -0.05) is 43.9 Å². The molecule has 38 heavy (non-hydrogen) atoms. The highest BCUT2D eigenvalue weighted by Gasteiger charge is 2.48. The summed E-state index contributed by atoms with van der Waals surface area (Å²) in [5, 5.41) is 7.66. The van der Waals surface area contributed by atoms with Gasteiger partial charge >= 0.3 is 0 Å². The molecule has 0 unspecified atom stereocenters. The highest BCUT2D eigenvalue weighted by molar-refractivity contribution is 5.99. The molecule has 0 radical (unpaired) electrons. The van der Waals surface area contributed by atoms with Crippen LogP contribution in [-0.2, 0) is 4.79 Å². The number of aromatic nitrogens is 1. The fourth-order valence-electron chi connectivity index (χ4n) is 8.34. The van der Waals surface area contributed by atoms with Gasteiger partial charge in [0, 0.05) is 39.8 Å². The summed E-state index contributed by atoms with van der Waals surface area (Å²) in [5.74, 6) is 3.53. The molecule has 1 heterocycles. The maximum Gasteiger partial charge on any atom is 0.251 e. The van der Waals surface area contributed by atoms with Crippen LogP contribution < -0.4 is 10.6 Å². The third-order valence-electron chi connectivity index (χ3n) is 10.1. The standard InChI is InChI=1S/C33H39N3O2/c37-32(23-5-3-1-2-4-6-23)34-28-11-9-22(10-12-28)29-18-24-7-8-25(19-30(24)35-29)33(38)36-31-26-14-20-13-21(16-26)17-27(31)15-20/h7-12,18-21,23,26-27,31,35H,1-6,13-17H2,(H,34,37)(H,36,38). The molecule has 1 aromatic heterocycles. The van der Waals surface area contributed by atoms with Crippen LogP contribution in [0.25, 0.3) is 22.2 Å². The maximum absolute atomic E-state index is 13.3.